The van der Waals surface area contributed by atoms with Crippen molar-refractivity contribution in [3.05, 3.63) is 23.8 Å². The number of likely N-dealkylation sites (N-methyl/N-ethyl adjacent to an activating group) is 1. The van der Waals surface area contributed by atoms with Crippen molar-refractivity contribution >= 4 is 10.0 Å². The molecule has 1 aromatic carbocycles. The van der Waals surface area contributed by atoms with E-state index < -0.39 is 10.0 Å². The number of hydrogen-bond acceptors (Lipinski definition) is 5. The lowest BCUT2D eigenvalue weighted by molar-refractivity contribution is 0.280. The third-order valence-corrected chi connectivity index (χ3v) is 5.64. The third kappa shape index (κ3) is 3.55. The van der Waals surface area contributed by atoms with Crippen LogP contribution in [0.3, 0.4) is 0 Å². The van der Waals surface area contributed by atoms with E-state index in [0.29, 0.717) is 18.7 Å². The van der Waals surface area contributed by atoms with Crippen molar-refractivity contribution in [3.8, 4) is 5.75 Å². The van der Waals surface area contributed by atoms with Crippen LogP contribution in [0.4, 0.5) is 0 Å². The molecule has 21 heavy (non-hydrogen) atoms. The average Bonchev–Trinajstić information content (AvgIpc) is 2.71. The van der Waals surface area contributed by atoms with Gasteiger partial charge in [-0.15, -0.1) is 0 Å². The number of rotatable bonds is 4. The average molecular weight is 314 g/mol. The number of benzene rings is 1. The van der Waals surface area contributed by atoms with Crippen molar-refractivity contribution in [1.29, 1.82) is 0 Å². The normalized spacial score (nSPS) is 18.4. The van der Waals surface area contributed by atoms with E-state index in [-0.39, 0.29) is 17.3 Å². The molecule has 0 spiro atoms. The molecule has 2 rings (SSSR count). The van der Waals surface area contributed by atoms with Gasteiger partial charge in [-0.1, -0.05) is 6.07 Å². The Balaban J connectivity index is 2.34. The number of aliphatic hydroxyl groups excluding tert-OH is 1. The summed E-state index contributed by atoms with van der Waals surface area (Å²) in [5.74, 6) is 0.277. The molecule has 0 radical (unpaired) electrons. The van der Waals surface area contributed by atoms with E-state index in [1.54, 1.807) is 12.1 Å². The Morgan fingerprint density at radius 1 is 1.24 bits per heavy atom. The molecule has 1 aromatic rings. The Morgan fingerprint density at radius 3 is 2.67 bits per heavy atom. The standard InChI is InChI=1S/C14H22N2O4S/c1-15-6-3-7-16(9-8-15)21(18,19)14-5-4-12(11-17)10-13(14)20-2/h4-5,10,17H,3,6-9,11H2,1-2H3. The van der Waals surface area contributed by atoms with E-state index in [9.17, 15) is 8.42 Å². The summed E-state index contributed by atoms with van der Waals surface area (Å²) in [5.41, 5.74) is 0.626. The maximum Gasteiger partial charge on any atom is 0.246 e. The topological polar surface area (TPSA) is 70.1 Å². The lowest BCUT2D eigenvalue weighted by atomic mass is 10.2. The largest absolute Gasteiger partial charge is 0.495 e. The molecule has 6 nitrogen and oxygen atoms in total. The lowest BCUT2D eigenvalue weighted by Crippen LogP contribution is -2.34. The summed E-state index contributed by atoms with van der Waals surface area (Å²) in [4.78, 5) is 2.29. The molecular weight excluding hydrogens is 292 g/mol. The smallest absolute Gasteiger partial charge is 0.246 e. The van der Waals surface area contributed by atoms with E-state index in [4.69, 9.17) is 9.84 Å². The quantitative estimate of drug-likeness (QED) is 0.877. The van der Waals surface area contributed by atoms with Gasteiger partial charge >= 0.3 is 0 Å². The van der Waals surface area contributed by atoms with Crippen LogP contribution in [0, 0.1) is 0 Å². The molecule has 0 saturated carbocycles. The Labute approximate surface area is 126 Å². The first kappa shape index (κ1) is 16.2. The summed E-state index contributed by atoms with van der Waals surface area (Å²) in [7, 11) is -0.147. The Morgan fingerprint density at radius 2 is 2.00 bits per heavy atom. The summed E-state index contributed by atoms with van der Waals surface area (Å²) >= 11 is 0. The Hall–Kier alpha value is -1.15. The summed E-state index contributed by atoms with van der Waals surface area (Å²) < 4.78 is 32.3. The van der Waals surface area contributed by atoms with Crippen molar-refractivity contribution in [2.24, 2.45) is 0 Å². The molecule has 118 valence electrons. The zero-order valence-corrected chi connectivity index (χ0v) is 13.3. The first-order valence-corrected chi connectivity index (χ1v) is 8.39. The zero-order valence-electron chi connectivity index (χ0n) is 12.4. The second-order valence-corrected chi connectivity index (χ2v) is 7.11. The van der Waals surface area contributed by atoms with Gasteiger partial charge in [-0.3, -0.25) is 0 Å². The Bertz CT molecular complexity index is 589. The van der Waals surface area contributed by atoms with Gasteiger partial charge in [0.2, 0.25) is 10.0 Å². The first-order valence-electron chi connectivity index (χ1n) is 6.95. The van der Waals surface area contributed by atoms with E-state index in [0.717, 1.165) is 19.5 Å². The van der Waals surface area contributed by atoms with Crippen LogP contribution in [-0.4, -0.2) is 63.1 Å². The van der Waals surface area contributed by atoms with Gasteiger partial charge in [0, 0.05) is 19.6 Å². The van der Waals surface area contributed by atoms with Crippen LogP contribution in [-0.2, 0) is 16.6 Å². The van der Waals surface area contributed by atoms with E-state index in [1.165, 1.54) is 17.5 Å². The van der Waals surface area contributed by atoms with Gasteiger partial charge < -0.3 is 14.7 Å². The predicted molar refractivity (Wildman–Crippen MR) is 79.8 cm³/mol. The molecule has 1 aliphatic rings. The van der Waals surface area contributed by atoms with Gasteiger partial charge in [0.05, 0.1) is 13.7 Å². The lowest BCUT2D eigenvalue weighted by Gasteiger charge is -2.21. The predicted octanol–water partition coefficient (Wildman–Crippen LogP) is 0.514. The molecule has 0 unspecified atom stereocenters. The van der Waals surface area contributed by atoms with Crippen LogP contribution < -0.4 is 4.74 Å². The van der Waals surface area contributed by atoms with Crippen molar-refractivity contribution in [1.82, 2.24) is 9.21 Å². The zero-order chi connectivity index (χ0) is 15.5. The maximum absolute atomic E-state index is 12.8. The van der Waals surface area contributed by atoms with Crippen LogP contribution in [0.25, 0.3) is 0 Å². The van der Waals surface area contributed by atoms with Gasteiger partial charge in [0.15, 0.2) is 0 Å². The van der Waals surface area contributed by atoms with Crippen molar-refractivity contribution in [3.63, 3.8) is 0 Å². The molecule has 0 atom stereocenters. The number of ether oxygens (including phenoxy) is 1. The van der Waals surface area contributed by atoms with Crippen molar-refractivity contribution < 1.29 is 18.3 Å². The van der Waals surface area contributed by atoms with Crippen molar-refractivity contribution in [2.45, 2.75) is 17.9 Å². The number of nitrogens with zero attached hydrogens (tertiary/aromatic N) is 2. The van der Waals surface area contributed by atoms with Gasteiger partial charge in [-0.05, 0) is 37.7 Å². The number of methoxy groups -OCH3 is 1. The molecular formula is C14H22N2O4S. The minimum absolute atomic E-state index is 0.148. The Kier molecular flexibility index (Phi) is 5.21. The second-order valence-electron chi connectivity index (χ2n) is 5.20. The SMILES string of the molecule is COc1cc(CO)ccc1S(=O)(=O)N1CCCN(C)CC1. The monoisotopic (exact) mass is 314 g/mol. The maximum atomic E-state index is 12.8. The molecule has 1 fully saturated rings. The molecule has 7 heteroatoms. The highest BCUT2D eigenvalue weighted by Gasteiger charge is 2.29. The number of aliphatic hydroxyl groups is 1. The highest BCUT2D eigenvalue weighted by molar-refractivity contribution is 7.89. The van der Waals surface area contributed by atoms with Gasteiger partial charge in [-0.2, -0.15) is 4.31 Å². The fourth-order valence-electron chi connectivity index (χ4n) is 2.43. The molecule has 1 N–H and O–H groups in total. The highest BCUT2D eigenvalue weighted by Crippen LogP contribution is 2.28. The van der Waals surface area contributed by atoms with Crippen LogP contribution >= 0.6 is 0 Å². The minimum Gasteiger partial charge on any atom is -0.495 e. The first-order chi connectivity index (χ1) is 9.98. The van der Waals surface area contributed by atoms with Crippen LogP contribution in [0.2, 0.25) is 0 Å². The van der Waals surface area contributed by atoms with E-state index in [2.05, 4.69) is 4.90 Å². The fraction of sp³-hybridized carbons (Fsp3) is 0.571. The van der Waals surface area contributed by atoms with Crippen LogP contribution in [0.5, 0.6) is 5.75 Å². The summed E-state index contributed by atoms with van der Waals surface area (Å²) in [5, 5.41) is 9.15. The summed E-state index contributed by atoms with van der Waals surface area (Å²) in [6.07, 6.45) is 0.812. The molecule has 1 aliphatic heterocycles. The van der Waals surface area contributed by atoms with Gasteiger partial charge in [0.1, 0.15) is 10.6 Å². The third-order valence-electron chi connectivity index (χ3n) is 3.71. The molecule has 1 heterocycles. The van der Waals surface area contributed by atoms with Gasteiger partial charge in [0.25, 0.3) is 0 Å². The number of sulfonamides is 1. The van der Waals surface area contributed by atoms with E-state index in [1.807, 2.05) is 7.05 Å². The number of hydrogen-bond donors (Lipinski definition) is 1. The van der Waals surface area contributed by atoms with Crippen LogP contribution in [0.15, 0.2) is 23.1 Å². The summed E-state index contributed by atoms with van der Waals surface area (Å²) in [6, 6.07) is 4.69. The van der Waals surface area contributed by atoms with E-state index >= 15 is 0 Å². The summed E-state index contributed by atoms with van der Waals surface area (Å²) in [6.45, 7) is 2.45. The molecule has 0 amide bonds. The highest BCUT2D eigenvalue weighted by atomic mass is 32.2. The molecule has 1 saturated heterocycles. The van der Waals surface area contributed by atoms with Crippen molar-refractivity contribution in [2.75, 3.05) is 40.3 Å². The molecule has 0 aliphatic carbocycles. The minimum atomic E-state index is -3.58. The second kappa shape index (κ2) is 6.74. The molecule has 0 bridgehead atoms. The van der Waals surface area contributed by atoms with Crippen LogP contribution in [0.1, 0.15) is 12.0 Å². The molecule has 0 aromatic heterocycles. The fourth-order valence-corrected chi connectivity index (χ4v) is 4.03. The van der Waals surface area contributed by atoms with Gasteiger partial charge in [-0.25, -0.2) is 8.42 Å².